The Hall–Kier alpha value is -3.43. The Kier molecular flexibility index (Phi) is 4.98. The van der Waals surface area contributed by atoms with Crippen LogP contribution in [0.2, 0.25) is 0 Å². The second kappa shape index (κ2) is 8.81. The van der Waals surface area contributed by atoms with Gasteiger partial charge in [0.1, 0.15) is 11.5 Å². The molecule has 7 rings (SSSR count). The number of pyridine rings is 1. The van der Waals surface area contributed by atoms with Gasteiger partial charge < -0.3 is 14.0 Å². The molecule has 4 heterocycles. The zero-order valence-corrected chi connectivity index (χ0v) is 23.7. The largest absolute Gasteiger partial charge is 2.00 e. The SMILES string of the molecule is [2H]C([2H])([2H])[C@@H]1COC(c2[c-]c(Oc3[c-]c4c(cc3C)C(C)(C)c3cccc5c6cccnc6n-4c35)cc(C)c2)=N1.[Pt+2]. The molecule has 0 amide bonds. The molecule has 6 heteroatoms. The van der Waals surface area contributed by atoms with Gasteiger partial charge in [-0.3, -0.25) is 4.99 Å². The second-order valence-corrected chi connectivity index (χ2v) is 10.4. The Morgan fingerprint density at radius 2 is 1.92 bits per heavy atom. The number of aliphatic imine (C=N–C) groups is 1. The van der Waals surface area contributed by atoms with E-state index in [1.165, 1.54) is 10.9 Å². The number of benzene rings is 3. The molecule has 0 bridgehead atoms. The van der Waals surface area contributed by atoms with E-state index in [0.717, 1.165) is 38.9 Å². The third-order valence-corrected chi connectivity index (χ3v) is 7.41. The fourth-order valence-corrected chi connectivity index (χ4v) is 5.63. The number of aromatic nitrogens is 2. The summed E-state index contributed by atoms with van der Waals surface area (Å²) in [6.07, 6.45) is 1.82. The van der Waals surface area contributed by atoms with Gasteiger partial charge in [-0.25, -0.2) is 4.98 Å². The van der Waals surface area contributed by atoms with E-state index in [1.54, 1.807) is 0 Å². The van der Waals surface area contributed by atoms with Gasteiger partial charge in [-0.05, 0) is 30.0 Å². The first-order valence-corrected chi connectivity index (χ1v) is 12.4. The number of fused-ring (bicyclic) bond motifs is 5. The van der Waals surface area contributed by atoms with Crippen molar-refractivity contribution in [2.24, 2.45) is 4.99 Å². The van der Waals surface area contributed by atoms with Crippen molar-refractivity contribution in [3.05, 3.63) is 94.7 Å². The summed E-state index contributed by atoms with van der Waals surface area (Å²) in [5.74, 6) is 1.34. The number of ether oxygens (including phenoxy) is 2. The smallest absolute Gasteiger partial charge is 0.518 e. The quantitative estimate of drug-likeness (QED) is 0.193. The van der Waals surface area contributed by atoms with Crippen LogP contribution in [0.5, 0.6) is 11.5 Å². The molecule has 0 aliphatic carbocycles. The minimum absolute atomic E-state index is 0. The first-order chi connectivity index (χ1) is 19.0. The molecule has 192 valence electrons. The molecule has 2 aromatic heterocycles. The molecule has 38 heavy (non-hydrogen) atoms. The van der Waals surface area contributed by atoms with Gasteiger partial charge in [-0.2, -0.15) is 6.07 Å². The van der Waals surface area contributed by atoms with Crippen molar-refractivity contribution in [2.75, 3.05) is 6.61 Å². The minimum Gasteiger partial charge on any atom is -0.518 e. The third kappa shape index (κ3) is 3.63. The summed E-state index contributed by atoms with van der Waals surface area (Å²) in [6.45, 7) is 6.27. The van der Waals surface area contributed by atoms with Crippen LogP contribution in [0.3, 0.4) is 0 Å². The van der Waals surface area contributed by atoms with Gasteiger partial charge in [0.15, 0.2) is 0 Å². The van der Waals surface area contributed by atoms with Crippen molar-refractivity contribution in [1.82, 2.24) is 9.55 Å². The van der Waals surface area contributed by atoms with E-state index in [4.69, 9.17) is 18.6 Å². The van der Waals surface area contributed by atoms with Gasteiger partial charge in [0.2, 0.25) is 0 Å². The van der Waals surface area contributed by atoms with E-state index in [9.17, 15) is 0 Å². The normalized spacial score (nSPS) is 18.6. The first kappa shape index (κ1) is 21.5. The Morgan fingerprint density at radius 3 is 2.74 bits per heavy atom. The third-order valence-electron chi connectivity index (χ3n) is 7.41. The molecule has 0 fully saturated rings. The molecule has 5 aromatic rings. The van der Waals surface area contributed by atoms with Crippen LogP contribution in [0.1, 0.15) is 52.6 Å². The Morgan fingerprint density at radius 1 is 1.08 bits per heavy atom. The standard InChI is InChI=1S/C32H27N3O2.Pt/c1-18-12-21(31-34-20(3)17-36-31)15-22(13-18)37-28-16-27-26(14-19(28)2)32(4,5)25-10-6-8-23-24-9-7-11-33-30(24)35(27)29(23)25;/h6-14,20H,17H2,1-5H3;/q-2;+2/t20-;/m1./s1/i3D3;. The van der Waals surface area contributed by atoms with E-state index < -0.39 is 12.9 Å². The Balaban J connectivity index is 0.00000302. The Labute approximate surface area is 241 Å². The van der Waals surface area contributed by atoms with Crippen molar-refractivity contribution in [2.45, 2.75) is 46.0 Å². The van der Waals surface area contributed by atoms with Crippen LogP contribution in [0, 0.1) is 26.0 Å². The van der Waals surface area contributed by atoms with Crippen molar-refractivity contribution < 1.29 is 34.7 Å². The topological polar surface area (TPSA) is 48.6 Å². The molecular formula is C32H27N3O2Pt. The van der Waals surface area contributed by atoms with Crippen molar-refractivity contribution in [1.29, 1.82) is 0 Å². The zero-order chi connectivity index (χ0) is 28.0. The number of rotatable bonds is 3. The van der Waals surface area contributed by atoms with Crippen molar-refractivity contribution in [3.8, 4) is 17.2 Å². The molecule has 0 spiro atoms. The maximum atomic E-state index is 7.67. The van der Waals surface area contributed by atoms with Crippen molar-refractivity contribution in [3.63, 3.8) is 0 Å². The summed E-state index contributed by atoms with van der Waals surface area (Å²) in [7, 11) is 0. The molecule has 1 atom stereocenters. The fraction of sp³-hybridized carbons (Fsp3) is 0.250. The van der Waals surface area contributed by atoms with E-state index in [-0.39, 0.29) is 39.0 Å². The van der Waals surface area contributed by atoms with Crippen LogP contribution in [0.4, 0.5) is 0 Å². The second-order valence-electron chi connectivity index (χ2n) is 10.4. The molecule has 2 aliphatic rings. The monoisotopic (exact) mass is 683 g/mol. The average molecular weight is 684 g/mol. The van der Waals surface area contributed by atoms with E-state index in [2.05, 4.69) is 65.9 Å². The summed E-state index contributed by atoms with van der Waals surface area (Å²) in [6, 6.07) is 22.4. The molecule has 5 nitrogen and oxygen atoms in total. The minimum atomic E-state index is -2.21. The zero-order valence-electron chi connectivity index (χ0n) is 24.5. The van der Waals surface area contributed by atoms with Gasteiger partial charge in [-0.15, -0.1) is 28.8 Å². The van der Waals surface area contributed by atoms with E-state index in [0.29, 0.717) is 17.1 Å². The molecule has 0 radical (unpaired) electrons. The summed E-state index contributed by atoms with van der Waals surface area (Å²) in [5.41, 5.74) is 7.52. The van der Waals surface area contributed by atoms with Gasteiger partial charge in [0.25, 0.3) is 0 Å². The van der Waals surface area contributed by atoms with Crippen LogP contribution in [0.25, 0.3) is 27.6 Å². The molecule has 2 aliphatic heterocycles. The average Bonchev–Trinajstić information content (AvgIpc) is 3.53. The van der Waals surface area contributed by atoms with Gasteiger partial charge in [-0.1, -0.05) is 69.3 Å². The van der Waals surface area contributed by atoms with Gasteiger partial charge in [0, 0.05) is 32.6 Å². The first-order valence-electron chi connectivity index (χ1n) is 13.9. The summed E-state index contributed by atoms with van der Waals surface area (Å²) < 4.78 is 37.3. The fourth-order valence-electron chi connectivity index (χ4n) is 5.63. The number of para-hydroxylation sites is 1. The molecule has 3 aromatic carbocycles. The summed E-state index contributed by atoms with van der Waals surface area (Å²) >= 11 is 0. The maximum Gasteiger partial charge on any atom is 2.00 e. The predicted molar refractivity (Wildman–Crippen MR) is 146 cm³/mol. The molecule has 0 N–H and O–H groups in total. The van der Waals surface area contributed by atoms with Crippen LogP contribution >= 0.6 is 0 Å². The number of aryl methyl sites for hydroxylation is 2. The summed E-state index contributed by atoms with van der Waals surface area (Å²) in [4.78, 5) is 9.07. The number of hydrogen-bond donors (Lipinski definition) is 0. The van der Waals surface area contributed by atoms with Crippen LogP contribution in [-0.4, -0.2) is 28.1 Å². The van der Waals surface area contributed by atoms with Crippen molar-refractivity contribution >= 4 is 27.8 Å². The van der Waals surface area contributed by atoms with E-state index in [1.807, 2.05) is 38.2 Å². The molecule has 0 saturated heterocycles. The van der Waals surface area contributed by atoms with Gasteiger partial charge >= 0.3 is 21.1 Å². The van der Waals surface area contributed by atoms with Crippen LogP contribution < -0.4 is 4.74 Å². The molecular weight excluding hydrogens is 653 g/mol. The Bertz CT molecular complexity index is 1890. The maximum absolute atomic E-state index is 7.67. The molecule has 0 unspecified atom stereocenters. The van der Waals surface area contributed by atoms with Crippen LogP contribution in [-0.2, 0) is 31.2 Å². The van der Waals surface area contributed by atoms with Gasteiger partial charge in [0.05, 0.1) is 18.2 Å². The van der Waals surface area contributed by atoms with E-state index >= 15 is 0 Å². The number of hydrogen-bond acceptors (Lipinski definition) is 4. The summed E-state index contributed by atoms with van der Waals surface area (Å²) in [5, 5.41) is 2.27. The number of nitrogens with zero attached hydrogens (tertiary/aromatic N) is 3. The van der Waals surface area contributed by atoms with Crippen LogP contribution in [0.15, 0.2) is 59.7 Å². The predicted octanol–water partition coefficient (Wildman–Crippen LogP) is 6.99. The molecule has 0 saturated carbocycles.